The molecule has 0 saturated heterocycles. The summed E-state index contributed by atoms with van der Waals surface area (Å²) >= 11 is 0. The summed E-state index contributed by atoms with van der Waals surface area (Å²) in [6.45, 7) is 6.86. The Balaban J connectivity index is 3.39. The van der Waals surface area contributed by atoms with Gasteiger partial charge in [0, 0.05) is 12.8 Å². The van der Waals surface area contributed by atoms with Gasteiger partial charge in [-0.1, -0.05) is 6.42 Å². The Hall–Kier alpha value is -0.890. The average Bonchev–Trinajstić information content (AvgIpc) is 2.48. The van der Waals surface area contributed by atoms with Crippen LogP contribution in [-0.4, -0.2) is 29.4 Å². The smallest absolute Gasteiger partial charge is 0.422 e. The van der Waals surface area contributed by atoms with Crippen molar-refractivity contribution >= 4 is 13.0 Å². The average molecular weight is 330 g/mol. The number of nitrogens with zero attached hydrogens (tertiary/aromatic N) is 2. The van der Waals surface area contributed by atoms with Gasteiger partial charge in [0.15, 0.2) is 6.04 Å². The first-order valence-electron chi connectivity index (χ1n) is 7.97. The van der Waals surface area contributed by atoms with Gasteiger partial charge in [-0.2, -0.15) is 10.0 Å². The largest absolute Gasteiger partial charge is 0.623 e. The van der Waals surface area contributed by atoms with E-state index in [1.165, 1.54) is 0 Å². The van der Waals surface area contributed by atoms with E-state index >= 15 is 0 Å². The molecule has 1 rings (SSSR count). The molecule has 126 valence electrons. The van der Waals surface area contributed by atoms with E-state index in [1.807, 2.05) is 0 Å². The lowest BCUT2D eigenvalue weighted by Crippen LogP contribution is -2.37. The van der Waals surface area contributed by atoms with Crippen molar-refractivity contribution < 1.29 is 18.4 Å². The van der Waals surface area contributed by atoms with Gasteiger partial charge < -0.3 is 14.3 Å². The molecule has 0 aromatic heterocycles. The van der Waals surface area contributed by atoms with Gasteiger partial charge in [0.05, 0.1) is 19.3 Å². The van der Waals surface area contributed by atoms with Crippen molar-refractivity contribution in [3.8, 4) is 6.07 Å². The van der Waals surface area contributed by atoms with Crippen LogP contribution in [0, 0.1) is 22.0 Å². The van der Waals surface area contributed by atoms with Gasteiger partial charge >= 0.3 is 7.60 Å². The second-order valence-electron chi connectivity index (χ2n) is 6.01. The summed E-state index contributed by atoms with van der Waals surface area (Å²) in [5.41, 5.74) is -1.27. The molecular formula is C15H27N2O4P. The van der Waals surface area contributed by atoms with Gasteiger partial charge in [-0.15, -0.1) is 0 Å². The fraction of sp³-hybridized carbons (Fsp3) is 0.867. The lowest BCUT2D eigenvalue weighted by molar-refractivity contribution is -0.506. The first kappa shape index (κ1) is 19.2. The molecule has 0 N–H and O–H groups in total. The summed E-state index contributed by atoms with van der Waals surface area (Å²) in [5, 5.41) is 22.3. The molecule has 0 unspecified atom stereocenters. The molecule has 0 bridgehead atoms. The third kappa shape index (κ3) is 4.32. The quantitative estimate of drug-likeness (QED) is 0.231. The van der Waals surface area contributed by atoms with Crippen molar-refractivity contribution in [1.82, 2.24) is 0 Å². The Morgan fingerprint density at radius 3 is 2.18 bits per heavy atom. The number of rotatable bonds is 7. The predicted octanol–water partition coefficient (Wildman–Crippen LogP) is 4.04. The van der Waals surface area contributed by atoms with Gasteiger partial charge in [-0.05, 0) is 40.5 Å². The molecule has 1 aliphatic carbocycles. The standard InChI is InChI=1S/C15H27N2O4P/c1-5-20-22(19,21-6-2)14(15(3,4)12-16)17(18)13-10-8-7-9-11-13/h13H,5-11H2,1-4H3/b17-14-. The highest BCUT2D eigenvalue weighted by molar-refractivity contribution is 7.72. The van der Waals surface area contributed by atoms with Crippen LogP contribution in [-0.2, 0) is 13.6 Å². The monoisotopic (exact) mass is 330 g/mol. The zero-order valence-corrected chi connectivity index (χ0v) is 14.9. The topological polar surface area (TPSA) is 85.4 Å². The predicted molar refractivity (Wildman–Crippen MR) is 85.8 cm³/mol. The maximum Gasteiger partial charge on any atom is 0.422 e. The third-order valence-electron chi connectivity index (χ3n) is 3.81. The molecular weight excluding hydrogens is 303 g/mol. The highest BCUT2D eigenvalue weighted by Crippen LogP contribution is 2.54. The third-order valence-corrected chi connectivity index (χ3v) is 6.28. The van der Waals surface area contributed by atoms with Gasteiger partial charge in [-0.25, -0.2) is 4.57 Å². The Kier molecular flexibility index (Phi) is 7.05. The van der Waals surface area contributed by atoms with E-state index in [1.54, 1.807) is 27.7 Å². The van der Waals surface area contributed by atoms with Crippen molar-refractivity contribution in [1.29, 1.82) is 5.26 Å². The summed E-state index contributed by atoms with van der Waals surface area (Å²) in [7, 11) is -3.78. The van der Waals surface area contributed by atoms with Crippen LogP contribution in [0.5, 0.6) is 0 Å². The molecule has 0 atom stereocenters. The van der Waals surface area contributed by atoms with Crippen LogP contribution >= 0.6 is 7.60 Å². The molecule has 0 heterocycles. The minimum Gasteiger partial charge on any atom is -0.623 e. The van der Waals surface area contributed by atoms with Gasteiger partial charge in [0.2, 0.25) is 0 Å². The summed E-state index contributed by atoms with van der Waals surface area (Å²) in [5.74, 6) is 0. The normalized spacial score (nSPS) is 18.7. The fourth-order valence-electron chi connectivity index (χ4n) is 2.78. The van der Waals surface area contributed by atoms with E-state index < -0.39 is 13.0 Å². The second kappa shape index (κ2) is 8.10. The van der Waals surface area contributed by atoms with Crippen LogP contribution in [0.15, 0.2) is 0 Å². The van der Waals surface area contributed by atoms with E-state index in [0.29, 0.717) is 0 Å². The van der Waals surface area contributed by atoms with Crippen molar-refractivity contribution in [3.05, 3.63) is 5.21 Å². The van der Waals surface area contributed by atoms with Crippen LogP contribution in [0.25, 0.3) is 0 Å². The summed E-state index contributed by atoms with van der Waals surface area (Å²) < 4.78 is 24.6. The second-order valence-corrected chi connectivity index (χ2v) is 7.95. The summed E-state index contributed by atoms with van der Waals surface area (Å²) in [6.07, 6.45) is 4.53. The number of hydrogen-bond donors (Lipinski definition) is 0. The van der Waals surface area contributed by atoms with E-state index in [0.717, 1.165) is 36.8 Å². The minimum atomic E-state index is -3.78. The molecule has 6 nitrogen and oxygen atoms in total. The molecule has 0 spiro atoms. The maximum absolute atomic E-state index is 13.1. The lowest BCUT2D eigenvalue weighted by atomic mass is 9.94. The van der Waals surface area contributed by atoms with Crippen LogP contribution in [0.3, 0.4) is 0 Å². The van der Waals surface area contributed by atoms with Crippen LogP contribution in [0.1, 0.15) is 59.8 Å². The molecule has 22 heavy (non-hydrogen) atoms. The summed E-state index contributed by atoms with van der Waals surface area (Å²) in [6, 6.07) is 1.81. The molecule has 1 saturated carbocycles. The number of hydroxylamine groups is 1. The Labute approximate surface area is 133 Å². The van der Waals surface area contributed by atoms with Gasteiger partial charge in [-0.3, -0.25) is 0 Å². The van der Waals surface area contributed by atoms with E-state index in [9.17, 15) is 15.0 Å². The van der Waals surface area contributed by atoms with Crippen LogP contribution < -0.4 is 0 Å². The Bertz CT molecular complexity index is 480. The van der Waals surface area contributed by atoms with Crippen LogP contribution in [0.2, 0.25) is 0 Å². The van der Waals surface area contributed by atoms with Crippen molar-refractivity contribution in [2.75, 3.05) is 13.2 Å². The molecule has 1 aliphatic rings. The zero-order chi connectivity index (χ0) is 16.8. The van der Waals surface area contributed by atoms with E-state index in [-0.39, 0.29) is 24.7 Å². The van der Waals surface area contributed by atoms with E-state index in [4.69, 9.17) is 9.05 Å². The highest BCUT2D eigenvalue weighted by Gasteiger charge is 2.50. The minimum absolute atomic E-state index is 0.0573. The Morgan fingerprint density at radius 2 is 1.77 bits per heavy atom. The molecule has 0 aromatic rings. The Morgan fingerprint density at radius 1 is 1.27 bits per heavy atom. The van der Waals surface area contributed by atoms with E-state index in [2.05, 4.69) is 6.07 Å². The first-order chi connectivity index (χ1) is 10.3. The lowest BCUT2D eigenvalue weighted by Gasteiger charge is -2.29. The SMILES string of the molecule is CCOP(=O)(OCC)/C(=[N+](\[O-])C1CCCCC1)C(C)(C)C#N. The number of nitriles is 1. The van der Waals surface area contributed by atoms with Gasteiger partial charge in [0.1, 0.15) is 5.41 Å². The molecule has 0 amide bonds. The molecule has 1 fully saturated rings. The van der Waals surface area contributed by atoms with Crippen molar-refractivity contribution in [2.45, 2.75) is 65.8 Å². The maximum atomic E-state index is 13.1. The molecule has 0 aliphatic heterocycles. The summed E-state index contributed by atoms with van der Waals surface area (Å²) in [4.78, 5) is 0. The number of hydrogen-bond acceptors (Lipinski definition) is 5. The highest BCUT2D eigenvalue weighted by atomic mass is 31.2. The van der Waals surface area contributed by atoms with Crippen molar-refractivity contribution in [2.24, 2.45) is 5.41 Å². The van der Waals surface area contributed by atoms with Crippen molar-refractivity contribution in [3.63, 3.8) is 0 Å². The molecule has 0 radical (unpaired) electrons. The zero-order valence-electron chi connectivity index (χ0n) is 14.0. The first-order valence-corrected chi connectivity index (χ1v) is 9.51. The molecule has 7 heteroatoms. The van der Waals surface area contributed by atoms with Gasteiger partial charge in [0.25, 0.3) is 5.45 Å². The van der Waals surface area contributed by atoms with Crippen LogP contribution in [0.4, 0.5) is 0 Å². The fourth-order valence-corrected chi connectivity index (χ4v) is 4.91. The molecule has 0 aromatic carbocycles.